The van der Waals surface area contributed by atoms with Crippen molar-refractivity contribution >= 4 is 21.4 Å². The topological polar surface area (TPSA) is 99.1 Å². The Hall–Kier alpha value is -2.03. The van der Waals surface area contributed by atoms with Crippen LogP contribution in [0.25, 0.3) is 22.0 Å². The minimum Gasteiger partial charge on any atom is -0.354 e. The summed E-state index contributed by atoms with van der Waals surface area (Å²) in [5, 5.41) is 11.5. The van der Waals surface area contributed by atoms with Crippen LogP contribution < -0.4 is 5.14 Å². The monoisotopic (exact) mass is 321 g/mol. The second-order valence-corrected chi connectivity index (χ2v) is 6.86. The minimum absolute atomic E-state index is 0.0777. The van der Waals surface area contributed by atoms with E-state index in [0.717, 1.165) is 16.3 Å². The Morgan fingerprint density at radius 2 is 1.95 bits per heavy atom. The Labute approximate surface area is 125 Å². The predicted molar refractivity (Wildman–Crippen MR) is 79.2 cm³/mol. The summed E-state index contributed by atoms with van der Waals surface area (Å²) in [5.74, 6) is 0.608. The molecule has 0 amide bonds. The lowest BCUT2D eigenvalue weighted by Gasteiger charge is -1.99. The van der Waals surface area contributed by atoms with Crippen molar-refractivity contribution in [1.82, 2.24) is 10.1 Å². The number of nitrogens with two attached hydrogens (primary N) is 1. The SMILES string of the molecule is Cc1cc(-c2csc(-c3ccc(S(N)(=O)=O)cc3)n2)on1. The molecule has 3 aromatic rings. The van der Waals surface area contributed by atoms with Gasteiger partial charge in [-0.1, -0.05) is 17.3 Å². The van der Waals surface area contributed by atoms with Crippen LogP contribution in [0.2, 0.25) is 0 Å². The van der Waals surface area contributed by atoms with Crippen LogP contribution in [0.1, 0.15) is 5.69 Å². The zero-order valence-electron chi connectivity index (χ0n) is 11.0. The van der Waals surface area contributed by atoms with Crippen LogP contribution >= 0.6 is 11.3 Å². The summed E-state index contributed by atoms with van der Waals surface area (Å²) in [6, 6.07) is 8.08. The van der Waals surface area contributed by atoms with Gasteiger partial charge < -0.3 is 4.52 Å². The number of aromatic nitrogens is 2. The second kappa shape index (κ2) is 5.06. The first-order chi connectivity index (χ1) is 9.93. The third kappa shape index (κ3) is 2.87. The largest absolute Gasteiger partial charge is 0.354 e. The fraction of sp³-hybridized carbons (Fsp3) is 0.0769. The smallest absolute Gasteiger partial charge is 0.238 e. The Bertz CT molecular complexity index is 880. The number of thiazole rings is 1. The Morgan fingerprint density at radius 3 is 2.52 bits per heavy atom. The van der Waals surface area contributed by atoms with E-state index in [-0.39, 0.29) is 4.90 Å². The maximum absolute atomic E-state index is 11.2. The summed E-state index contributed by atoms with van der Waals surface area (Å²) in [7, 11) is -3.68. The first-order valence-electron chi connectivity index (χ1n) is 5.96. The normalized spacial score (nSPS) is 11.7. The molecule has 0 atom stereocenters. The van der Waals surface area contributed by atoms with Gasteiger partial charge in [-0.3, -0.25) is 0 Å². The van der Waals surface area contributed by atoms with Gasteiger partial charge >= 0.3 is 0 Å². The highest BCUT2D eigenvalue weighted by Gasteiger charge is 2.12. The van der Waals surface area contributed by atoms with Gasteiger partial charge in [0, 0.05) is 17.0 Å². The van der Waals surface area contributed by atoms with E-state index in [1.165, 1.54) is 23.5 Å². The molecule has 6 nitrogen and oxygen atoms in total. The Kier molecular flexibility index (Phi) is 3.36. The van der Waals surface area contributed by atoms with E-state index < -0.39 is 10.0 Å². The number of primary sulfonamides is 1. The van der Waals surface area contributed by atoms with Crippen molar-refractivity contribution in [2.75, 3.05) is 0 Å². The zero-order chi connectivity index (χ0) is 15.0. The molecule has 0 aliphatic carbocycles. The molecule has 0 saturated carbocycles. The molecule has 0 spiro atoms. The number of rotatable bonds is 3. The minimum atomic E-state index is -3.68. The van der Waals surface area contributed by atoms with Crippen molar-refractivity contribution in [3.8, 4) is 22.0 Å². The standard InChI is InChI=1S/C13H11N3O3S2/c1-8-6-12(19-16-8)11-7-20-13(15-11)9-2-4-10(5-3-9)21(14,17)18/h2-7H,1H3,(H2,14,17,18). The van der Waals surface area contributed by atoms with E-state index in [2.05, 4.69) is 10.1 Å². The maximum Gasteiger partial charge on any atom is 0.238 e. The molecule has 108 valence electrons. The highest BCUT2D eigenvalue weighted by atomic mass is 32.2. The Balaban J connectivity index is 1.93. The first-order valence-corrected chi connectivity index (χ1v) is 8.38. The van der Waals surface area contributed by atoms with Gasteiger partial charge in [0.05, 0.1) is 10.6 Å². The maximum atomic E-state index is 11.2. The zero-order valence-corrected chi connectivity index (χ0v) is 12.6. The fourth-order valence-corrected chi connectivity index (χ4v) is 3.12. The van der Waals surface area contributed by atoms with Crippen LogP contribution in [0.5, 0.6) is 0 Å². The van der Waals surface area contributed by atoms with Gasteiger partial charge in [-0.15, -0.1) is 11.3 Å². The molecule has 2 aromatic heterocycles. The van der Waals surface area contributed by atoms with Crippen molar-refractivity contribution in [2.24, 2.45) is 5.14 Å². The van der Waals surface area contributed by atoms with Crippen molar-refractivity contribution in [3.05, 3.63) is 41.4 Å². The number of hydrogen-bond acceptors (Lipinski definition) is 6. The molecule has 2 N–H and O–H groups in total. The van der Waals surface area contributed by atoms with Crippen LogP contribution in [-0.4, -0.2) is 18.6 Å². The van der Waals surface area contributed by atoms with Gasteiger partial charge in [-0.2, -0.15) is 0 Å². The summed E-state index contributed by atoms with van der Waals surface area (Å²) in [5.41, 5.74) is 2.30. The number of benzene rings is 1. The third-order valence-electron chi connectivity index (χ3n) is 2.81. The van der Waals surface area contributed by atoms with Gasteiger partial charge in [0.1, 0.15) is 10.7 Å². The molecule has 0 saturated heterocycles. The molecule has 0 aliphatic heterocycles. The lowest BCUT2D eigenvalue weighted by molar-refractivity contribution is 0.426. The van der Waals surface area contributed by atoms with Crippen LogP contribution in [0.4, 0.5) is 0 Å². The average Bonchev–Trinajstić information content (AvgIpc) is 3.06. The molecule has 8 heteroatoms. The first kappa shape index (κ1) is 13.9. The van der Waals surface area contributed by atoms with E-state index in [4.69, 9.17) is 9.66 Å². The molecule has 0 aliphatic rings. The molecule has 21 heavy (non-hydrogen) atoms. The van der Waals surface area contributed by atoms with Crippen LogP contribution in [0, 0.1) is 6.92 Å². The summed E-state index contributed by atoms with van der Waals surface area (Å²) >= 11 is 1.44. The summed E-state index contributed by atoms with van der Waals surface area (Å²) in [4.78, 5) is 4.54. The van der Waals surface area contributed by atoms with Gasteiger partial charge in [-0.05, 0) is 19.1 Å². The summed E-state index contributed by atoms with van der Waals surface area (Å²) in [6.45, 7) is 1.84. The lowest BCUT2D eigenvalue weighted by Crippen LogP contribution is -2.11. The molecular formula is C13H11N3O3S2. The van der Waals surface area contributed by atoms with Gasteiger partial charge in [0.25, 0.3) is 0 Å². The van der Waals surface area contributed by atoms with Crippen LogP contribution in [-0.2, 0) is 10.0 Å². The number of sulfonamides is 1. The van der Waals surface area contributed by atoms with E-state index >= 15 is 0 Å². The molecule has 0 fully saturated rings. The summed E-state index contributed by atoms with van der Waals surface area (Å²) < 4.78 is 27.6. The van der Waals surface area contributed by atoms with Gasteiger partial charge in [-0.25, -0.2) is 18.5 Å². The lowest BCUT2D eigenvalue weighted by atomic mass is 10.2. The van der Waals surface area contributed by atoms with Gasteiger partial charge in [0.2, 0.25) is 10.0 Å². The van der Waals surface area contributed by atoms with Crippen molar-refractivity contribution in [3.63, 3.8) is 0 Å². The fourth-order valence-electron chi connectivity index (χ4n) is 1.79. The van der Waals surface area contributed by atoms with Crippen molar-refractivity contribution in [2.45, 2.75) is 11.8 Å². The average molecular weight is 321 g/mol. The van der Waals surface area contributed by atoms with E-state index in [0.29, 0.717) is 11.5 Å². The molecule has 0 radical (unpaired) electrons. The van der Waals surface area contributed by atoms with E-state index in [1.807, 2.05) is 18.4 Å². The van der Waals surface area contributed by atoms with E-state index in [9.17, 15) is 8.42 Å². The van der Waals surface area contributed by atoms with Gasteiger partial charge in [0.15, 0.2) is 5.76 Å². The van der Waals surface area contributed by atoms with E-state index in [1.54, 1.807) is 12.1 Å². The summed E-state index contributed by atoms with van der Waals surface area (Å²) in [6.07, 6.45) is 0. The third-order valence-corrected chi connectivity index (χ3v) is 4.63. The molecule has 0 bridgehead atoms. The van der Waals surface area contributed by atoms with Crippen LogP contribution in [0.15, 0.2) is 45.1 Å². The number of hydrogen-bond donors (Lipinski definition) is 1. The molecule has 3 rings (SSSR count). The quantitative estimate of drug-likeness (QED) is 0.798. The second-order valence-electron chi connectivity index (χ2n) is 4.44. The highest BCUT2D eigenvalue weighted by molar-refractivity contribution is 7.89. The Morgan fingerprint density at radius 1 is 1.24 bits per heavy atom. The highest BCUT2D eigenvalue weighted by Crippen LogP contribution is 2.29. The number of aryl methyl sites for hydroxylation is 1. The van der Waals surface area contributed by atoms with Crippen LogP contribution in [0.3, 0.4) is 0 Å². The molecule has 2 heterocycles. The predicted octanol–water partition coefficient (Wildman–Crippen LogP) is 2.42. The number of nitrogens with zero attached hydrogens (tertiary/aromatic N) is 2. The molecule has 1 aromatic carbocycles. The van der Waals surface area contributed by atoms with Crippen molar-refractivity contribution < 1.29 is 12.9 Å². The molecular weight excluding hydrogens is 310 g/mol. The van der Waals surface area contributed by atoms with Crippen molar-refractivity contribution in [1.29, 1.82) is 0 Å². The molecule has 0 unspecified atom stereocenters.